The summed E-state index contributed by atoms with van der Waals surface area (Å²) in [6, 6.07) is 0. The molecular weight excluding hydrogens is 523 g/mol. The fraction of sp³-hybridized carbons (Fsp3) is 0.870. The van der Waals surface area contributed by atoms with Crippen LogP contribution in [0, 0.1) is 0 Å². The lowest BCUT2D eigenvalue weighted by molar-refractivity contribution is -0.182. The van der Waals surface area contributed by atoms with Gasteiger partial charge in [-0.2, -0.15) is 0 Å². The summed E-state index contributed by atoms with van der Waals surface area (Å²) < 4.78 is 34.0. The third kappa shape index (κ3) is 21.6. The highest BCUT2D eigenvalue weighted by Crippen LogP contribution is 2.36. The van der Waals surface area contributed by atoms with Crippen LogP contribution in [0.2, 0.25) is 0 Å². The second-order valence-electron chi connectivity index (χ2n) is 8.16. The van der Waals surface area contributed by atoms with Gasteiger partial charge < -0.3 is 38.4 Å². The van der Waals surface area contributed by atoms with Crippen molar-refractivity contribution in [2.75, 3.05) is 78.8 Å². The first-order valence-electron chi connectivity index (χ1n) is 12.9. The van der Waals surface area contributed by atoms with E-state index in [4.69, 9.17) is 40.0 Å². The van der Waals surface area contributed by atoms with Crippen LogP contribution in [0.5, 0.6) is 0 Å². The summed E-state index contributed by atoms with van der Waals surface area (Å²) in [6.07, 6.45) is 6.18. The molecule has 1 aromatic rings. The standard InChI is InChI=1S/C23H45N4O8PS/c1-3-36(29,37)35-10-7-5-4-6-9-24-23(28)8-11-30-12-13-31-14-15-32-16-17-33-18-19-34-21-22-20-27(2)26-25-22/h20H,3-19,21H2,1-2H3,(H,24,28)(H,29,37)/p-1. The van der Waals surface area contributed by atoms with Crippen LogP contribution in [0.25, 0.3) is 0 Å². The van der Waals surface area contributed by atoms with Gasteiger partial charge in [-0.05, 0) is 25.5 Å². The first kappa shape index (κ1) is 34.0. The molecule has 0 aliphatic heterocycles. The number of hydrogen-bond acceptors (Lipinski definition) is 11. The third-order valence-electron chi connectivity index (χ3n) is 4.93. The molecule has 1 rings (SSSR count). The topological polar surface area (TPSA) is 138 Å². The fourth-order valence-electron chi connectivity index (χ4n) is 2.87. The highest BCUT2D eigenvalue weighted by Gasteiger charge is 2.02. The SMILES string of the molecule is CCP([O-])(=S)OCCCCCCNC(=O)CCOCCOCCOCCOCCOCc1cn(C)nn1. The van der Waals surface area contributed by atoms with Gasteiger partial charge in [0.05, 0.1) is 78.9 Å². The maximum Gasteiger partial charge on any atom is 0.222 e. The number of nitrogens with one attached hydrogen (secondary N) is 1. The number of carbonyl (C=O) groups excluding carboxylic acids is 1. The Kier molecular flexibility index (Phi) is 21.1. The van der Waals surface area contributed by atoms with E-state index in [0.29, 0.717) is 91.8 Å². The molecule has 0 aliphatic rings. The van der Waals surface area contributed by atoms with E-state index in [1.54, 1.807) is 11.6 Å². The number of rotatable bonds is 26. The summed E-state index contributed by atoms with van der Waals surface area (Å²) in [5.74, 6) is -0.0214. The molecule has 0 aromatic carbocycles. The Labute approximate surface area is 225 Å². The molecule has 0 saturated heterocycles. The maximum atomic E-state index is 11.8. The van der Waals surface area contributed by atoms with Crippen molar-refractivity contribution in [1.82, 2.24) is 20.3 Å². The quantitative estimate of drug-likeness (QED) is 0.128. The van der Waals surface area contributed by atoms with Gasteiger partial charge in [-0.1, -0.05) is 36.8 Å². The summed E-state index contributed by atoms with van der Waals surface area (Å²) >= 11 is 4.86. The van der Waals surface area contributed by atoms with E-state index in [1.807, 2.05) is 13.2 Å². The van der Waals surface area contributed by atoms with Crippen molar-refractivity contribution in [1.29, 1.82) is 0 Å². The lowest BCUT2D eigenvalue weighted by Gasteiger charge is -2.25. The molecular formula is C23H44N4O8PS-. The van der Waals surface area contributed by atoms with Gasteiger partial charge >= 0.3 is 0 Å². The third-order valence-corrected chi connectivity index (χ3v) is 7.37. The first-order valence-corrected chi connectivity index (χ1v) is 15.7. The molecule has 1 atom stereocenters. The minimum absolute atomic E-state index is 0.0214. The zero-order chi connectivity index (χ0) is 27.0. The van der Waals surface area contributed by atoms with Crippen LogP contribution in [0.15, 0.2) is 6.20 Å². The molecule has 1 unspecified atom stereocenters. The van der Waals surface area contributed by atoms with E-state index in [-0.39, 0.29) is 5.91 Å². The Morgan fingerprint density at radius 3 is 2.05 bits per heavy atom. The number of nitrogens with zero attached hydrogens (tertiary/aromatic N) is 3. The molecule has 0 radical (unpaired) electrons. The van der Waals surface area contributed by atoms with E-state index in [2.05, 4.69) is 15.6 Å². The highest BCUT2D eigenvalue weighted by molar-refractivity contribution is 8.08. The number of carbonyl (C=O) groups is 1. The van der Waals surface area contributed by atoms with Crippen LogP contribution in [-0.4, -0.2) is 99.7 Å². The summed E-state index contributed by atoms with van der Waals surface area (Å²) in [4.78, 5) is 23.4. The zero-order valence-electron chi connectivity index (χ0n) is 22.3. The molecule has 0 spiro atoms. The molecule has 0 saturated carbocycles. The lowest BCUT2D eigenvalue weighted by Crippen LogP contribution is -2.25. The van der Waals surface area contributed by atoms with Gasteiger partial charge in [0.15, 0.2) is 0 Å². The molecule has 0 fully saturated rings. The van der Waals surface area contributed by atoms with Crippen molar-refractivity contribution in [3.05, 3.63) is 11.9 Å². The Morgan fingerprint density at radius 1 is 0.919 bits per heavy atom. The molecule has 1 amide bonds. The molecule has 14 heteroatoms. The predicted molar refractivity (Wildman–Crippen MR) is 141 cm³/mol. The molecule has 37 heavy (non-hydrogen) atoms. The predicted octanol–water partition coefficient (Wildman–Crippen LogP) is 1.17. The number of ether oxygens (including phenoxy) is 5. The van der Waals surface area contributed by atoms with Crippen molar-refractivity contribution in [2.24, 2.45) is 7.05 Å². The van der Waals surface area contributed by atoms with Crippen molar-refractivity contribution >= 4 is 24.2 Å². The normalized spacial score (nSPS) is 13.1. The van der Waals surface area contributed by atoms with E-state index >= 15 is 0 Å². The minimum atomic E-state index is -2.79. The van der Waals surface area contributed by atoms with E-state index in [0.717, 1.165) is 31.4 Å². The van der Waals surface area contributed by atoms with Crippen LogP contribution in [0.4, 0.5) is 0 Å². The monoisotopic (exact) mass is 567 g/mol. The average Bonchev–Trinajstić information content (AvgIpc) is 3.30. The molecule has 1 N–H and O–H groups in total. The van der Waals surface area contributed by atoms with Gasteiger partial charge in [-0.3, -0.25) is 9.48 Å². The van der Waals surface area contributed by atoms with Gasteiger partial charge in [-0.15, -0.1) is 5.10 Å². The van der Waals surface area contributed by atoms with E-state index in [1.165, 1.54) is 0 Å². The minimum Gasteiger partial charge on any atom is -0.801 e. The van der Waals surface area contributed by atoms with Crippen LogP contribution >= 0.6 is 6.49 Å². The largest absolute Gasteiger partial charge is 0.801 e. The number of unbranched alkanes of at least 4 members (excludes halogenated alkanes) is 3. The maximum absolute atomic E-state index is 11.8. The van der Waals surface area contributed by atoms with Crippen molar-refractivity contribution in [3.63, 3.8) is 0 Å². The molecule has 1 aromatic heterocycles. The lowest BCUT2D eigenvalue weighted by atomic mass is 10.2. The van der Waals surface area contributed by atoms with Crippen molar-refractivity contribution in [2.45, 2.75) is 45.6 Å². The molecule has 0 bridgehead atoms. The van der Waals surface area contributed by atoms with Gasteiger partial charge in [0.1, 0.15) is 5.69 Å². The number of amides is 1. The van der Waals surface area contributed by atoms with E-state index in [9.17, 15) is 9.69 Å². The summed E-state index contributed by atoms with van der Waals surface area (Å²) in [5.41, 5.74) is 0.791. The van der Waals surface area contributed by atoms with Gasteiger partial charge in [-0.25, -0.2) is 0 Å². The summed E-state index contributed by atoms with van der Waals surface area (Å²) in [6.45, 7) is 4.64. The number of aromatic nitrogens is 3. The highest BCUT2D eigenvalue weighted by atomic mass is 32.5. The summed E-state index contributed by atoms with van der Waals surface area (Å²) in [7, 11) is 1.81. The van der Waals surface area contributed by atoms with Gasteiger partial charge in [0, 0.05) is 20.0 Å². The zero-order valence-corrected chi connectivity index (χ0v) is 24.0. The smallest absolute Gasteiger partial charge is 0.222 e. The van der Waals surface area contributed by atoms with Gasteiger partial charge in [0.25, 0.3) is 0 Å². The average molecular weight is 568 g/mol. The van der Waals surface area contributed by atoms with Crippen LogP contribution in [-0.2, 0) is 58.5 Å². The number of hydrogen-bond donors (Lipinski definition) is 1. The first-order chi connectivity index (χ1) is 17.9. The Morgan fingerprint density at radius 2 is 1.49 bits per heavy atom. The molecule has 12 nitrogen and oxygen atoms in total. The second kappa shape index (κ2) is 22.9. The number of aryl methyl sites for hydroxylation is 1. The van der Waals surface area contributed by atoms with Crippen LogP contribution < -0.4 is 10.2 Å². The summed E-state index contributed by atoms with van der Waals surface area (Å²) in [5, 5.41) is 10.7. The Bertz CT molecular complexity index is 743. The van der Waals surface area contributed by atoms with Gasteiger partial charge in [0.2, 0.25) is 5.91 Å². The van der Waals surface area contributed by atoms with E-state index < -0.39 is 6.49 Å². The molecule has 0 aliphatic carbocycles. The van der Waals surface area contributed by atoms with Crippen molar-refractivity contribution < 1.29 is 37.9 Å². The van der Waals surface area contributed by atoms with Crippen LogP contribution in [0.3, 0.4) is 0 Å². The molecule has 216 valence electrons. The fourth-order valence-corrected chi connectivity index (χ4v) is 3.69. The second-order valence-corrected chi connectivity index (χ2v) is 11.9. The van der Waals surface area contributed by atoms with Crippen molar-refractivity contribution in [3.8, 4) is 0 Å². The Hall–Kier alpha value is -1.02. The molecule has 1 heterocycles. The Balaban J connectivity index is 1.72. The van der Waals surface area contributed by atoms with Crippen LogP contribution in [0.1, 0.15) is 44.7 Å².